The number of carbonyl (C=O) groups excluding carboxylic acids is 1. The average Bonchev–Trinajstić information content (AvgIpc) is 2.69. The first-order valence-corrected chi connectivity index (χ1v) is 10.7. The number of ether oxygens (including phenoxy) is 1. The summed E-state index contributed by atoms with van der Waals surface area (Å²) < 4.78 is 33.4. The number of nitrogens with zero attached hydrogens (tertiary/aromatic N) is 2. The van der Waals surface area contributed by atoms with Crippen molar-refractivity contribution in [1.29, 1.82) is 0 Å². The lowest BCUT2D eigenvalue weighted by Gasteiger charge is -2.28. The van der Waals surface area contributed by atoms with Crippen LogP contribution in [0.15, 0.2) is 76.9 Å². The van der Waals surface area contributed by atoms with Gasteiger partial charge in [0.15, 0.2) is 11.6 Å². The second kappa shape index (κ2) is 7.73. The van der Waals surface area contributed by atoms with Crippen LogP contribution in [0.4, 0.5) is 5.69 Å². The molecule has 1 N–H and O–H groups in total. The number of fused-ring (bicyclic) bond motifs is 1. The molecule has 0 aromatic heterocycles. The third-order valence-electron chi connectivity index (χ3n) is 4.26. The van der Waals surface area contributed by atoms with Gasteiger partial charge in [-0.2, -0.15) is 0 Å². The largest absolute Gasteiger partial charge is 0.455 e. The van der Waals surface area contributed by atoms with Gasteiger partial charge in [0.25, 0.3) is 15.9 Å². The smallest absolute Gasteiger partial charge is 0.259 e. The molecule has 0 saturated carbocycles. The minimum absolute atomic E-state index is 0.0981. The Balaban J connectivity index is 1.63. The van der Waals surface area contributed by atoms with Crippen molar-refractivity contribution in [2.24, 2.45) is 4.40 Å². The summed E-state index contributed by atoms with van der Waals surface area (Å²) in [7, 11) is -3.60. The van der Waals surface area contributed by atoms with Crippen molar-refractivity contribution in [1.82, 2.24) is 4.90 Å². The predicted molar refractivity (Wildman–Crippen MR) is 112 cm³/mol. The number of anilines is 1. The van der Waals surface area contributed by atoms with Crippen molar-refractivity contribution in [3.8, 4) is 11.5 Å². The number of benzene rings is 2. The molecule has 7 nitrogen and oxygen atoms in total. The summed E-state index contributed by atoms with van der Waals surface area (Å²) in [4.78, 5) is 14.6. The van der Waals surface area contributed by atoms with Crippen molar-refractivity contribution < 1.29 is 17.9 Å². The van der Waals surface area contributed by atoms with Crippen LogP contribution in [-0.2, 0) is 14.8 Å². The summed E-state index contributed by atoms with van der Waals surface area (Å²) >= 11 is 6.09. The Morgan fingerprint density at radius 1 is 1.17 bits per heavy atom. The predicted octanol–water partition coefficient (Wildman–Crippen LogP) is 3.57. The quantitative estimate of drug-likeness (QED) is 0.802. The maximum atomic E-state index is 12.9. The van der Waals surface area contributed by atoms with Crippen molar-refractivity contribution in [3.63, 3.8) is 0 Å². The van der Waals surface area contributed by atoms with Crippen molar-refractivity contribution >= 4 is 39.1 Å². The second-order valence-corrected chi connectivity index (χ2v) is 8.52. The first-order chi connectivity index (χ1) is 13.9. The highest BCUT2D eigenvalue weighted by Crippen LogP contribution is 2.32. The van der Waals surface area contributed by atoms with E-state index in [-0.39, 0.29) is 23.7 Å². The van der Waals surface area contributed by atoms with E-state index in [0.717, 1.165) is 0 Å². The zero-order chi connectivity index (χ0) is 20.4. The van der Waals surface area contributed by atoms with Crippen molar-refractivity contribution in [2.45, 2.75) is 0 Å². The molecule has 2 aromatic rings. The fourth-order valence-electron chi connectivity index (χ4n) is 2.89. The molecule has 2 aromatic carbocycles. The topological polar surface area (TPSA) is 88.1 Å². The van der Waals surface area contributed by atoms with Crippen LogP contribution >= 0.6 is 11.6 Å². The molecule has 148 valence electrons. The fraction of sp³-hybridized carbons (Fsp3) is 0.100. The molecule has 1 amide bonds. The van der Waals surface area contributed by atoms with E-state index in [1.165, 1.54) is 6.08 Å². The number of carbonyl (C=O) groups is 1. The van der Waals surface area contributed by atoms with Gasteiger partial charge >= 0.3 is 0 Å². The van der Waals surface area contributed by atoms with Gasteiger partial charge in [0, 0.05) is 17.8 Å². The summed E-state index contributed by atoms with van der Waals surface area (Å²) in [5.74, 6) is 0.480. The van der Waals surface area contributed by atoms with Crippen LogP contribution in [0.5, 0.6) is 11.5 Å². The Bertz CT molecular complexity index is 1160. The van der Waals surface area contributed by atoms with E-state index >= 15 is 0 Å². The van der Waals surface area contributed by atoms with Crippen LogP contribution in [0, 0.1) is 0 Å². The monoisotopic (exact) mass is 429 g/mol. The first kappa shape index (κ1) is 19.2. The van der Waals surface area contributed by atoms with Crippen molar-refractivity contribution in [2.75, 3.05) is 17.6 Å². The number of hydrogen-bond donors (Lipinski definition) is 1. The number of para-hydroxylation sites is 1. The highest BCUT2D eigenvalue weighted by molar-refractivity contribution is 7.90. The van der Waals surface area contributed by atoms with Crippen LogP contribution in [0.1, 0.15) is 0 Å². The van der Waals surface area contributed by atoms with E-state index in [1.54, 1.807) is 47.5 Å². The highest BCUT2D eigenvalue weighted by atomic mass is 35.5. The molecule has 0 fully saturated rings. The van der Waals surface area contributed by atoms with E-state index in [1.807, 2.05) is 18.2 Å². The van der Waals surface area contributed by atoms with Crippen LogP contribution in [0.3, 0.4) is 0 Å². The Morgan fingerprint density at radius 2 is 1.97 bits per heavy atom. The molecular formula is C20H16ClN3O4S. The van der Waals surface area contributed by atoms with Gasteiger partial charge in [0.05, 0.1) is 17.0 Å². The molecule has 29 heavy (non-hydrogen) atoms. The molecule has 2 aliphatic rings. The molecule has 0 atom stereocenters. The normalized spacial score (nSPS) is 17.1. The molecule has 2 heterocycles. The molecule has 0 saturated heterocycles. The maximum Gasteiger partial charge on any atom is 0.259 e. The molecular weight excluding hydrogens is 414 g/mol. The minimum Gasteiger partial charge on any atom is -0.455 e. The summed E-state index contributed by atoms with van der Waals surface area (Å²) in [6, 6.07) is 14.0. The lowest BCUT2D eigenvalue weighted by atomic mass is 10.1. The highest BCUT2D eigenvalue weighted by Gasteiger charge is 2.30. The third kappa shape index (κ3) is 4.33. The molecule has 0 aliphatic carbocycles. The minimum atomic E-state index is -3.60. The molecule has 0 radical (unpaired) electrons. The zero-order valence-corrected chi connectivity index (χ0v) is 16.7. The number of allylic oxidation sites excluding steroid dienone is 2. The van der Waals surface area contributed by atoms with Gasteiger partial charge in [-0.25, -0.2) is 8.42 Å². The molecule has 4 rings (SSSR count). The van der Waals surface area contributed by atoms with Crippen molar-refractivity contribution in [3.05, 3.63) is 77.5 Å². The number of amidine groups is 1. The van der Waals surface area contributed by atoms with Crippen LogP contribution < -0.4 is 10.1 Å². The molecule has 0 spiro atoms. The Morgan fingerprint density at radius 3 is 2.76 bits per heavy atom. The van der Waals surface area contributed by atoms with E-state index in [9.17, 15) is 13.2 Å². The SMILES string of the molecule is O=C(Nc1cc(Cl)ccc1Oc1ccccc1)C1=CC=CN2CCS(=O)(=O)N=C12. The lowest BCUT2D eigenvalue weighted by molar-refractivity contribution is -0.112. The van der Waals surface area contributed by atoms with Crippen LogP contribution in [-0.4, -0.2) is 37.4 Å². The van der Waals surface area contributed by atoms with E-state index in [2.05, 4.69) is 9.71 Å². The van der Waals surface area contributed by atoms with E-state index < -0.39 is 15.9 Å². The number of nitrogens with one attached hydrogen (secondary N) is 1. The standard InChI is InChI=1S/C20H16ClN3O4S/c21-14-8-9-18(28-15-5-2-1-3-6-15)17(13-14)22-20(25)16-7-4-10-24-11-12-29(26,27)23-19(16)24/h1-10,13H,11-12H2,(H,22,25). The number of sulfonamides is 1. The van der Waals surface area contributed by atoms with E-state index in [4.69, 9.17) is 16.3 Å². The van der Waals surface area contributed by atoms with E-state index in [0.29, 0.717) is 22.2 Å². The number of hydrogen-bond acceptors (Lipinski definition) is 5. The Hall–Kier alpha value is -3.10. The Labute approximate surface area is 173 Å². The Kier molecular flexibility index (Phi) is 5.12. The lowest BCUT2D eigenvalue weighted by Crippen LogP contribution is -2.40. The molecule has 0 unspecified atom stereocenters. The second-order valence-electron chi connectivity index (χ2n) is 6.33. The van der Waals surface area contributed by atoms with Crippen LogP contribution in [0.2, 0.25) is 5.02 Å². The summed E-state index contributed by atoms with van der Waals surface area (Å²) in [6.07, 6.45) is 4.88. The van der Waals surface area contributed by atoms with Gasteiger partial charge in [-0.05, 0) is 42.5 Å². The van der Waals surface area contributed by atoms with Gasteiger partial charge in [0.1, 0.15) is 5.75 Å². The molecule has 9 heteroatoms. The van der Waals surface area contributed by atoms with Gasteiger partial charge in [-0.15, -0.1) is 4.40 Å². The molecule has 0 bridgehead atoms. The summed E-state index contributed by atoms with van der Waals surface area (Å²) in [5.41, 5.74) is 0.494. The zero-order valence-electron chi connectivity index (χ0n) is 15.1. The number of amides is 1. The molecule has 2 aliphatic heterocycles. The van der Waals surface area contributed by atoms with Gasteiger partial charge in [-0.1, -0.05) is 29.8 Å². The van der Waals surface area contributed by atoms with Gasteiger partial charge in [0.2, 0.25) is 0 Å². The third-order valence-corrected chi connectivity index (χ3v) is 5.65. The fourth-order valence-corrected chi connectivity index (χ4v) is 4.04. The average molecular weight is 430 g/mol. The summed E-state index contributed by atoms with van der Waals surface area (Å²) in [5, 5.41) is 3.16. The number of rotatable bonds is 4. The summed E-state index contributed by atoms with van der Waals surface area (Å²) in [6.45, 7) is 0.238. The van der Waals surface area contributed by atoms with Gasteiger partial charge in [-0.3, -0.25) is 4.79 Å². The van der Waals surface area contributed by atoms with Crippen LogP contribution in [0.25, 0.3) is 0 Å². The van der Waals surface area contributed by atoms with Gasteiger partial charge < -0.3 is 15.0 Å². The number of halogens is 1. The first-order valence-electron chi connectivity index (χ1n) is 8.73. The maximum absolute atomic E-state index is 12.9.